The molecule has 1 saturated heterocycles. The zero-order chi connectivity index (χ0) is 19.6. The molecule has 3 atom stereocenters. The molecule has 27 heavy (non-hydrogen) atoms. The highest BCUT2D eigenvalue weighted by Crippen LogP contribution is 2.19. The number of benzene rings is 1. The maximum atomic E-state index is 12.5. The standard InChI is InChI=1S/C19H21N3O5/c1-11(23)22-10-14(24)9-17(22)18(25)21-16(19(26)27)8-13-7-6-12-4-2-3-5-15(12)20-13/h2-7,14,16-17,24H,8-10H2,1H3,(H,21,25)(H,26,27)/t14-,16-,17+/m1/s1. The number of fused-ring (bicyclic) bond motifs is 1. The number of carbonyl (C=O) groups is 3. The van der Waals surface area contributed by atoms with Crippen LogP contribution in [-0.4, -0.2) is 62.6 Å². The smallest absolute Gasteiger partial charge is 0.326 e. The van der Waals surface area contributed by atoms with E-state index >= 15 is 0 Å². The molecule has 3 rings (SSSR count). The van der Waals surface area contributed by atoms with Crippen LogP contribution in [-0.2, 0) is 20.8 Å². The van der Waals surface area contributed by atoms with Crippen molar-refractivity contribution < 1.29 is 24.6 Å². The van der Waals surface area contributed by atoms with Crippen molar-refractivity contribution >= 4 is 28.7 Å². The Bertz CT molecular complexity index is 885. The van der Waals surface area contributed by atoms with Crippen LogP contribution < -0.4 is 5.32 Å². The molecular formula is C19H21N3O5. The summed E-state index contributed by atoms with van der Waals surface area (Å²) in [6.07, 6.45) is -0.692. The van der Waals surface area contributed by atoms with Crippen LogP contribution >= 0.6 is 0 Å². The minimum atomic E-state index is -1.19. The van der Waals surface area contributed by atoms with Gasteiger partial charge in [-0.15, -0.1) is 0 Å². The minimum Gasteiger partial charge on any atom is -0.480 e. The third-order valence-corrected chi connectivity index (χ3v) is 4.67. The van der Waals surface area contributed by atoms with E-state index in [1.54, 1.807) is 6.07 Å². The number of hydrogen-bond acceptors (Lipinski definition) is 5. The zero-order valence-corrected chi connectivity index (χ0v) is 14.8. The van der Waals surface area contributed by atoms with E-state index in [9.17, 15) is 24.6 Å². The van der Waals surface area contributed by atoms with Gasteiger partial charge in [0.05, 0.1) is 11.6 Å². The van der Waals surface area contributed by atoms with Crippen molar-refractivity contribution in [3.05, 3.63) is 42.1 Å². The van der Waals surface area contributed by atoms with Crippen LogP contribution in [0.4, 0.5) is 0 Å². The molecule has 0 spiro atoms. The highest BCUT2D eigenvalue weighted by atomic mass is 16.4. The molecule has 142 valence electrons. The van der Waals surface area contributed by atoms with Crippen LogP contribution in [0.5, 0.6) is 0 Å². The molecule has 1 aromatic heterocycles. The number of amides is 2. The first-order valence-electron chi connectivity index (χ1n) is 8.68. The second-order valence-electron chi connectivity index (χ2n) is 6.68. The SMILES string of the molecule is CC(=O)N1C[C@H](O)C[C@H]1C(=O)N[C@H](Cc1ccc2ccccc2n1)C(=O)O. The highest BCUT2D eigenvalue weighted by molar-refractivity contribution is 5.90. The van der Waals surface area contributed by atoms with Gasteiger partial charge in [0.2, 0.25) is 11.8 Å². The number of aliphatic hydroxyl groups excluding tert-OH is 1. The summed E-state index contributed by atoms with van der Waals surface area (Å²) in [7, 11) is 0. The number of carboxylic acid groups (broad SMARTS) is 1. The Labute approximate surface area is 155 Å². The van der Waals surface area contributed by atoms with Crippen molar-refractivity contribution in [2.75, 3.05) is 6.54 Å². The second kappa shape index (κ2) is 7.71. The first-order chi connectivity index (χ1) is 12.8. The molecule has 2 aromatic rings. The molecule has 0 saturated carbocycles. The van der Waals surface area contributed by atoms with Gasteiger partial charge < -0.3 is 20.4 Å². The fourth-order valence-corrected chi connectivity index (χ4v) is 3.31. The number of hydrogen-bond donors (Lipinski definition) is 3. The number of pyridine rings is 1. The Morgan fingerprint density at radius 1 is 1.26 bits per heavy atom. The lowest BCUT2D eigenvalue weighted by molar-refractivity contribution is -0.143. The van der Waals surface area contributed by atoms with Gasteiger partial charge in [0, 0.05) is 37.4 Å². The maximum absolute atomic E-state index is 12.5. The Hall–Kier alpha value is -3.00. The number of aliphatic carboxylic acids is 1. The summed E-state index contributed by atoms with van der Waals surface area (Å²) in [6, 6.07) is 9.00. The van der Waals surface area contributed by atoms with E-state index in [2.05, 4.69) is 10.3 Å². The van der Waals surface area contributed by atoms with Crippen molar-refractivity contribution in [2.24, 2.45) is 0 Å². The Balaban J connectivity index is 1.74. The van der Waals surface area contributed by atoms with Crippen LogP contribution in [0.15, 0.2) is 36.4 Å². The average Bonchev–Trinajstić information content (AvgIpc) is 3.03. The van der Waals surface area contributed by atoms with Crippen LogP contribution in [0.3, 0.4) is 0 Å². The average molecular weight is 371 g/mol. The minimum absolute atomic E-state index is 0.0151. The molecule has 0 aliphatic carbocycles. The van der Waals surface area contributed by atoms with Gasteiger partial charge in [-0.1, -0.05) is 24.3 Å². The largest absolute Gasteiger partial charge is 0.480 e. The summed E-state index contributed by atoms with van der Waals surface area (Å²) < 4.78 is 0. The van der Waals surface area contributed by atoms with Gasteiger partial charge in [-0.25, -0.2) is 4.79 Å². The molecular weight excluding hydrogens is 350 g/mol. The van der Waals surface area contributed by atoms with Crippen molar-refractivity contribution in [1.29, 1.82) is 0 Å². The number of carbonyl (C=O) groups excluding carboxylic acids is 2. The summed E-state index contributed by atoms with van der Waals surface area (Å²) in [5, 5.41) is 22.7. The Kier molecular flexibility index (Phi) is 5.36. The zero-order valence-electron chi connectivity index (χ0n) is 14.8. The van der Waals surface area contributed by atoms with Gasteiger partial charge >= 0.3 is 5.97 Å². The first kappa shape index (κ1) is 18.8. The van der Waals surface area contributed by atoms with Crippen LogP contribution in [0, 0.1) is 0 Å². The van der Waals surface area contributed by atoms with Crippen LogP contribution in [0.2, 0.25) is 0 Å². The van der Waals surface area contributed by atoms with E-state index in [-0.39, 0.29) is 25.3 Å². The monoisotopic (exact) mass is 371 g/mol. The lowest BCUT2D eigenvalue weighted by Crippen LogP contribution is -2.51. The van der Waals surface area contributed by atoms with Gasteiger partial charge in [0.25, 0.3) is 0 Å². The van der Waals surface area contributed by atoms with Gasteiger partial charge in [0.15, 0.2) is 0 Å². The fourth-order valence-electron chi connectivity index (χ4n) is 3.31. The normalized spacial score (nSPS) is 20.4. The molecule has 2 heterocycles. The summed E-state index contributed by atoms with van der Waals surface area (Å²) in [4.78, 5) is 41.5. The second-order valence-corrected chi connectivity index (χ2v) is 6.68. The molecule has 1 aliphatic rings. The molecule has 1 fully saturated rings. The molecule has 8 nitrogen and oxygen atoms in total. The van der Waals surface area contributed by atoms with Crippen molar-refractivity contribution in [3.8, 4) is 0 Å². The summed E-state index contributed by atoms with van der Waals surface area (Å²) in [6.45, 7) is 1.38. The van der Waals surface area contributed by atoms with Crippen molar-refractivity contribution in [3.63, 3.8) is 0 Å². The molecule has 8 heteroatoms. The first-order valence-corrected chi connectivity index (χ1v) is 8.68. The lowest BCUT2D eigenvalue weighted by Gasteiger charge is -2.24. The summed E-state index contributed by atoms with van der Waals surface area (Å²) in [5.41, 5.74) is 1.28. The van der Waals surface area contributed by atoms with Gasteiger partial charge in [-0.2, -0.15) is 0 Å². The molecule has 1 aliphatic heterocycles. The number of carboxylic acids is 1. The Morgan fingerprint density at radius 2 is 2.00 bits per heavy atom. The van der Waals surface area contributed by atoms with Gasteiger partial charge in [0.1, 0.15) is 12.1 Å². The predicted octanol–water partition coefficient (Wildman–Crippen LogP) is 0.328. The number of likely N-dealkylation sites (tertiary alicyclic amines) is 1. The molecule has 0 radical (unpaired) electrons. The van der Waals surface area contributed by atoms with Gasteiger partial charge in [-0.05, 0) is 12.1 Å². The summed E-state index contributed by atoms with van der Waals surface area (Å²) >= 11 is 0. The maximum Gasteiger partial charge on any atom is 0.326 e. The number of rotatable bonds is 5. The van der Waals surface area contributed by atoms with Crippen molar-refractivity contribution in [2.45, 2.75) is 38.0 Å². The predicted molar refractivity (Wildman–Crippen MR) is 96.8 cm³/mol. The molecule has 1 aromatic carbocycles. The number of para-hydroxylation sites is 1. The quantitative estimate of drug-likeness (QED) is 0.697. The molecule has 3 N–H and O–H groups in total. The summed E-state index contributed by atoms with van der Waals surface area (Å²) in [5.74, 6) is -2.11. The molecule has 2 amide bonds. The van der Waals surface area contributed by atoms with Crippen LogP contribution in [0.1, 0.15) is 19.0 Å². The molecule has 0 unspecified atom stereocenters. The third-order valence-electron chi connectivity index (χ3n) is 4.67. The van der Waals surface area contributed by atoms with E-state index in [0.717, 1.165) is 10.9 Å². The number of nitrogens with one attached hydrogen (secondary N) is 1. The van der Waals surface area contributed by atoms with Crippen molar-refractivity contribution in [1.82, 2.24) is 15.2 Å². The lowest BCUT2D eigenvalue weighted by atomic mass is 10.1. The number of aliphatic hydroxyl groups is 1. The van der Waals surface area contributed by atoms with E-state index in [4.69, 9.17) is 0 Å². The number of nitrogens with zero attached hydrogens (tertiary/aromatic N) is 2. The topological polar surface area (TPSA) is 120 Å². The third kappa shape index (κ3) is 4.22. The number of β-amino-alcohol motifs (C(OH)–C–C–N with tert-alkyl or cyclic N) is 1. The van der Waals surface area contributed by atoms with E-state index in [1.165, 1.54) is 11.8 Å². The van der Waals surface area contributed by atoms with Gasteiger partial charge in [-0.3, -0.25) is 14.6 Å². The van der Waals surface area contributed by atoms with E-state index in [1.807, 2.05) is 30.3 Å². The van der Waals surface area contributed by atoms with Crippen LogP contribution in [0.25, 0.3) is 10.9 Å². The fraction of sp³-hybridized carbons (Fsp3) is 0.368. The van der Waals surface area contributed by atoms with E-state index < -0.39 is 30.1 Å². The highest BCUT2D eigenvalue weighted by Gasteiger charge is 2.38. The van der Waals surface area contributed by atoms with E-state index in [0.29, 0.717) is 5.69 Å². The molecule has 0 bridgehead atoms. The number of aromatic nitrogens is 1. The Morgan fingerprint density at radius 3 is 2.70 bits per heavy atom.